The molecule has 0 heterocycles. The normalized spacial score (nSPS) is 10.0. The lowest BCUT2D eigenvalue weighted by atomic mass is 10.0. The van der Waals surface area contributed by atoms with Gasteiger partial charge in [-0.3, -0.25) is 0 Å². The summed E-state index contributed by atoms with van der Waals surface area (Å²) in [5.41, 5.74) is 3.51. The second-order valence-corrected chi connectivity index (χ2v) is 3.46. The molecule has 0 aliphatic rings. The molecule has 2 aromatic rings. The lowest BCUT2D eigenvalue weighted by molar-refractivity contribution is 0.415. The predicted molar refractivity (Wildman–Crippen MR) is 62.0 cm³/mol. The van der Waals surface area contributed by atoms with Gasteiger partial charge >= 0.3 is 0 Å². The maximum absolute atomic E-state index is 5.20. The molecule has 2 rings (SSSR count). The van der Waals surface area contributed by atoms with Crippen molar-refractivity contribution in [3.63, 3.8) is 0 Å². The summed E-state index contributed by atoms with van der Waals surface area (Å²) in [7, 11) is 1.68. The molecule has 0 N–H and O–H groups in total. The van der Waals surface area contributed by atoms with Gasteiger partial charge in [0.05, 0.1) is 7.11 Å². The van der Waals surface area contributed by atoms with E-state index in [4.69, 9.17) is 4.74 Å². The monoisotopic (exact) mass is 197 g/mol. The average molecular weight is 197 g/mol. The Morgan fingerprint density at radius 3 is 2.73 bits per heavy atom. The van der Waals surface area contributed by atoms with Crippen LogP contribution in [0.5, 0.6) is 5.75 Å². The Kier molecular flexibility index (Phi) is 2.72. The minimum absolute atomic E-state index is 0.879. The summed E-state index contributed by atoms with van der Waals surface area (Å²) in [6, 6.07) is 17.3. The molecule has 0 unspecified atom stereocenters. The third kappa shape index (κ3) is 2.01. The molecule has 0 atom stereocenters. The van der Waals surface area contributed by atoms with Crippen LogP contribution < -0.4 is 4.74 Å². The topological polar surface area (TPSA) is 9.23 Å². The highest BCUT2D eigenvalue weighted by Gasteiger charge is 2.01. The number of aryl methyl sites for hydroxylation is 1. The molecule has 0 saturated heterocycles. The Balaban J connectivity index is 2.49. The Labute approximate surface area is 90.3 Å². The second-order valence-electron chi connectivity index (χ2n) is 3.46. The van der Waals surface area contributed by atoms with E-state index in [9.17, 15) is 0 Å². The van der Waals surface area contributed by atoms with Crippen molar-refractivity contribution in [3.05, 3.63) is 54.1 Å². The summed E-state index contributed by atoms with van der Waals surface area (Å²) in [6.07, 6.45) is 0. The van der Waals surface area contributed by atoms with Crippen LogP contribution in [-0.2, 0) is 0 Å². The average Bonchev–Trinajstić information content (AvgIpc) is 2.30. The van der Waals surface area contributed by atoms with Crippen LogP contribution in [-0.4, -0.2) is 7.11 Å². The fourth-order valence-corrected chi connectivity index (χ4v) is 1.61. The van der Waals surface area contributed by atoms with Gasteiger partial charge < -0.3 is 4.74 Å². The molecule has 0 bridgehead atoms. The standard InChI is InChI=1S/C14H13O/c1-11-6-3-4-9-14(11)12-7-5-8-13(10-12)15-2/h3-8,10H,1-2H3. The number of benzene rings is 2. The van der Waals surface area contributed by atoms with Crippen molar-refractivity contribution in [1.82, 2.24) is 0 Å². The highest BCUT2D eigenvalue weighted by atomic mass is 16.5. The molecule has 0 spiro atoms. The first kappa shape index (κ1) is 9.78. The largest absolute Gasteiger partial charge is 0.497 e. The van der Waals surface area contributed by atoms with Gasteiger partial charge in [-0.15, -0.1) is 0 Å². The van der Waals surface area contributed by atoms with Gasteiger partial charge in [0.2, 0.25) is 0 Å². The van der Waals surface area contributed by atoms with Gasteiger partial charge in [0.25, 0.3) is 0 Å². The minimum atomic E-state index is 0.879. The van der Waals surface area contributed by atoms with E-state index in [1.165, 1.54) is 5.56 Å². The van der Waals surface area contributed by atoms with Crippen molar-refractivity contribution < 1.29 is 4.74 Å². The molecule has 1 nitrogen and oxygen atoms in total. The molecular formula is C14H13O. The first-order valence-corrected chi connectivity index (χ1v) is 4.93. The van der Waals surface area contributed by atoms with Gasteiger partial charge in [0.15, 0.2) is 0 Å². The summed E-state index contributed by atoms with van der Waals surface area (Å²) in [4.78, 5) is 0. The van der Waals surface area contributed by atoms with Gasteiger partial charge in [0.1, 0.15) is 5.75 Å². The molecule has 0 aromatic heterocycles. The van der Waals surface area contributed by atoms with Crippen molar-refractivity contribution in [1.29, 1.82) is 0 Å². The fraction of sp³-hybridized carbons (Fsp3) is 0.143. The smallest absolute Gasteiger partial charge is 0.119 e. The lowest BCUT2D eigenvalue weighted by Gasteiger charge is -2.06. The van der Waals surface area contributed by atoms with Crippen LogP contribution in [0.15, 0.2) is 42.5 Å². The number of hydrogen-bond donors (Lipinski definition) is 0. The van der Waals surface area contributed by atoms with E-state index in [0.717, 1.165) is 16.9 Å². The summed E-state index contributed by atoms with van der Waals surface area (Å²) in [6.45, 7) is 2.09. The van der Waals surface area contributed by atoms with E-state index >= 15 is 0 Å². The van der Waals surface area contributed by atoms with Crippen LogP contribution >= 0.6 is 0 Å². The molecule has 0 aliphatic carbocycles. The lowest BCUT2D eigenvalue weighted by Crippen LogP contribution is -1.85. The third-order valence-corrected chi connectivity index (χ3v) is 2.42. The zero-order valence-corrected chi connectivity index (χ0v) is 8.95. The molecule has 1 heteroatoms. The second kappa shape index (κ2) is 4.18. The quantitative estimate of drug-likeness (QED) is 0.716. The zero-order valence-electron chi connectivity index (χ0n) is 8.95. The van der Waals surface area contributed by atoms with Crippen molar-refractivity contribution in [2.24, 2.45) is 0 Å². The van der Waals surface area contributed by atoms with Crippen LogP contribution in [0.4, 0.5) is 0 Å². The molecule has 0 saturated carbocycles. The van der Waals surface area contributed by atoms with Gasteiger partial charge in [0, 0.05) is 0 Å². The van der Waals surface area contributed by atoms with Crippen molar-refractivity contribution in [2.45, 2.75) is 6.92 Å². The van der Waals surface area contributed by atoms with E-state index in [0.29, 0.717) is 0 Å². The Morgan fingerprint density at radius 1 is 1.13 bits per heavy atom. The van der Waals surface area contributed by atoms with Gasteiger partial charge in [-0.1, -0.05) is 30.3 Å². The number of hydrogen-bond acceptors (Lipinski definition) is 1. The summed E-state index contributed by atoms with van der Waals surface area (Å²) in [5, 5.41) is 0. The van der Waals surface area contributed by atoms with Gasteiger partial charge in [-0.05, 0) is 41.8 Å². The molecule has 75 valence electrons. The van der Waals surface area contributed by atoms with Crippen molar-refractivity contribution in [2.75, 3.05) is 7.11 Å². The molecule has 0 amide bonds. The van der Waals surface area contributed by atoms with Crippen LogP contribution in [0.1, 0.15) is 5.56 Å². The molecular weight excluding hydrogens is 184 g/mol. The molecule has 1 radical (unpaired) electrons. The van der Waals surface area contributed by atoms with E-state index in [2.05, 4.69) is 25.1 Å². The van der Waals surface area contributed by atoms with E-state index in [-0.39, 0.29) is 0 Å². The van der Waals surface area contributed by atoms with Crippen molar-refractivity contribution >= 4 is 0 Å². The van der Waals surface area contributed by atoms with Crippen LogP contribution in [0.2, 0.25) is 0 Å². The van der Waals surface area contributed by atoms with Gasteiger partial charge in [-0.25, -0.2) is 0 Å². The highest BCUT2D eigenvalue weighted by Crippen LogP contribution is 2.25. The molecule has 15 heavy (non-hydrogen) atoms. The number of rotatable bonds is 2. The van der Waals surface area contributed by atoms with Crippen LogP contribution in [0.25, 0.3) is 11.1 Å². The van der Waals surface area contributed by atoms with Crippen molar-refractivity contribution in [3.8, 4) is 16.9 Å². The Morgan fingerprint density at radius 2 is 2.00 bits per heavy atom. The maximum atomic E-state index is 5.20. The highest BCUT2D eigenvalue weighted by molar-refractivity contribution is 5.67. The number of ether oxygens (including phenoxy) is 1. The molecule has 0 fully saturated rings. The summed E-state index contributed by atoms with van der Waals surface area (Å²) < 4.78 is 5.20. The van der Waals surface area contributed by atoms with Gasteiger partial charge in [-0.2, -0.15) is 0 Å². The first-order valence-electron chi connectivity index (χ1n) is 4.93. The number of methoxy groups -OCH3 is 1. The molecule has 2 aromatic carbocycles. The third-order valence-electron chi connectivity index (χ3n) is 2.42. The van der Waals surface area contributed by atoms with E-state index in [1.807, 2.05) is 30.3 Å². The summed E-state index contributed by atoms with van der Waals surface area (Å²) >= 11 is 0. The SMILES string of the molecule is COc1cccc(-c2[c]cccc2C)c1. The zero-order chi connectivity index (χ0) is 10.7. The maximum Gasteiger partial charge on any atom is 0.119 e. The minimum Gasteiger partial charge on any atom is -0.497 e. The predicted octanol–water partition coefficient (Wildman–Crippen LogP) is 3.47. The first-order chi connectivity index (χ1) is 7.31. The summed E-state index contributed by atoms with van der Waals surface area (Å²) in [5.74, 6) is 0.879. The Hall–Kier alpha value is -1.76. The Bertz CT molecular complexity index is 460. The van der Waals surface area contributed by atoms with E-state index in [1.54, 1.807) is 7.11 Å². The van der Waals surface area contributed by atoms with Crippen LogP contribution in [0.3, 0.4) is 0 Å². The fourth-order valence-electron chi connectivity index (χ4n) is 1.61. The van der Waals surface area contributed by atoms with E-state index < -0.39 is 0 Å². The molecule has 0 aliphatic heterocycles. The van der Waals surface area contributed by atoms with Crippen LogP contribution in [0, 0.1) is 13.0 Å².